The first-order valence-corrected chi connectivity index (χ1v) is 27.6. The number of unbranched alkanes of at least 4 members (excludes halogenated alkanes) is 40. The van der Waals surface area contributed by atoms with E-state index in [-0.39, 0.29) is 0 Å². The number of nitrogens with one attached hydrogen (secondary N) is 1. The van der Waals surface area contributed by atoms with Crippen molar-refractivity contribution < 1.29 is 25.2 Å². The Labute approximate surface area is 381 Å². The fourth-order valence-electron chi connectivity index (χ4n) is 8.87. The van der Waals surface area contributed by atoms with E-state index < -0.39 is 36.9 Å². The molecule has 0 heterocycles. The highest BCUT2D eigenvalue weighted by Gasteiger charge is 2.28. The third kappa shape index (κ3) is 44.1. The zero-order chi connectivity index (χ0) is 44.5. The van der Waals surface area contributed by atoms with Crippen molar-refractivity contribution in [3.63, 3.8) is 0 Å². The van der Waals surface area contributed by atoms with Gasteiger partial charge >= 0.3 is 0 Å². The van der Waals surface area contributed by atoms with Crippen molar-refractivity contribution in [2.24, 2.45) is 0 Å². The lowest BCUT2D eigenvalue weighted by Crippen LogP contribution is -2.53. The molecule has 5 N–H and O–H groups in total. The lowest BCUT2D eigenvalue weighted by Gasteiger charge is -2.27. The van der Waals surface area contributed by atoms with Gasteiger partial charge in [0.1, 0.15) is 12.2 Å². The molecule has 0 aromatic heterocycles. The highest BCUT2D eigenvalue weighted by Crippen LogP contribution is 2.18. The molecular weight excluding hydrogens is 755 g/mol. The van der Waals surface area contributed by atoms with Gasteiger partial charge in [0.15, 0.2) is 0 Å². The quantitative estimate of drug-likeness (QED) is 0.0309. The molecular formula is C55H109NO5. The van der Waals surface area contributed by atoms with Crippen molar-refractivity contribution in [3.8, 4) is 0 Å². The minimum Gasteiger partial charge on any atom is -0.394 e. The Kier molecular flexibility index (Phi) is 49.3. The number of carbonyl (C=O) groups is 1. The largest absolute Gasteiger partial charge is 0.394 e. The monoisotopic (exact) mass is 864 g/mol. The third-order valence-corrected chi connectivity index (χ3v) is 13.2. The predicted octanol–water partition coefficient (Wildman–Crippen LogP) is 15.7. The number of aliphatic hydroxyl groups is 4. The molecule has 364 valence electrons. The van der Waals surface area contributed by atoms with Gasteiger partial charge in [-0.2, -0.15) is 0 Å². The first-order valence-electron chi connectivity index (χ1n) is 27.6. The van der Waals surface area contributed by atoms with Crippen LogP contribution in [-0.4, -0.2) is 57.3 Å². The molecule has 0 aromatic carbocycles. The van der Waals surface area contributed by atoms with Crippen molar-refractivity contribution in [2.75, 3.05) is 6.61 Å². The summed E-state index contributed by atoms with van der Waals surface area (Å²) in [5, 5.41) is 43.9. The zero-order valence-corrected chi connectivity index (χ0v) is 41.2. The van der Waals surface area contributed by atoms with Gasteiger partial charge < -0.3 is 25.7 Å². The molecule has 1 amide bonds. The summed E-state index contributed by atoms with van der Waals surface area (Å²) in [6.07, 6.45) is 58.5. The van der Waals surface area contributed by atoms with Crippen LogP contribution in [0.4, 0.5) is 0 Å². The molecule has 0 radical (unpaired) electrons. The van der Waals surface area contributed by atoms with Crippen molar-refractivity contribution in [1.29, 1.82) is 0 Å². The molecule has 0 bridgehead atoms. The van der Waals surface area contributed by atoms with Crippen LogP contribution in [-0.2, 0) is 4.79 Å². The lowest BCUT2D eigenvalue weighted by molar-refractivity contribution is -0.132. The van der Waals surface area contributed by atoms with Crippen LogP contribution in [0.15, 0.2) is 12.2 Å². The maximum Gasteiger partial charge on any atom is 0.249 e. The SMILES string of the molecule is CCCCCCCCCCCCCC/C=C\CCCCCCCCCCCCCCCC(O)C(=O)NC(CO)C(O)C(O)CCCCCCCCCCCCCCCCCC. The lowest BCUT2D eigenvalue weighted by atomic mass is 9.99. The van der Waals surface area contributed by atoms with Crippen LogP contribution < -0.4 is 5.32 Å². The number of allylic oxidation sites excluding steroid dienone is 2. The van der Waals surface area contributed by atoms with Crippen LogP contribution in [0.25, 0.3) is 0 Å². The average Bonchev–Trinajstić information content (AvgIpc) is 3.26. The molecule has 0 saturated heterocycles. The molecule has 0 aromatic rings. The molecule has 61 heavy (non-hydrogen) atoms. The normalized spacial score (nSPS) is 13.9. The van der Waals surface area contributed by atoms with Crippen molar-refractivity contribution >= 4 is 5.91 Å². The second-order valence-corrected chi connectivity index (χ2v) is 19.3. The van der Waals surface area contributed by atoms with Crippen molar-refractivity contribution in [3.05, 3.63) is 12.2 Å². The highest BCUT2D eigenvalue weighted by molar-refractivity contribution is 5.80. The number of hydrogen-bond donors (Lipinski definition) is 5. The minimum atomic E-state index is -1.26. The van der Waals surface area contributed by atoms with Gasteiger partial charge in [0, 0.05) is 0 Å². The first-order chi connectivity index (χ1) is 30.0. The molecule has 4 atom stereocenters. The van der Waals surface area contributed by atoms with E-state index in [1.54, 1.807) is 0 Å². The summed E-state index contributed by atoms with van der Waals surface area (Å²) >= 11 is 0. The molecule has 0 rings (SSSR count). The van der Waals surface area contributed by atoms with E-state index in [0.29, 0.717) is 12.8 Å². The molecule has 6 nitrogen and oxygen atoms in total. The van der Waals surface area contributed by atoms with Gasteiger partial charge in [0.25, 0.3) is 0 Å². The maximum atomic E-state index is 12.6. The fraction of sp³-hybridized carbons (Fsp3) is 0.945. The van der Waals surface area contributed by atoms with Crippen LogP contribution >= 0.6 is 0 Å². The summed E-state index contributed by atoms with van der Waals surface area (Å²) < 4.78 is 0. The van der Waals surface area contributed by atoms with Gasteiger partial charge in [0.05, 0.1) is 18.8 Å². The van der Waals surface area contributed by atoms with Crippen LogP contribution in [0.5, 0.6) is 0 Å². The molecule has 0 spiro atoms. The molecule has 0 aliphatic heterocycles. The summed E-state index contributed by atoms with van der Waals surface area (Å²) in [4.78, 5) is 12.6. The first kappa shape index (κ1) is 60.1. The van der Waals surface area contributed by atoms with E-state index >= 15 is 0 Å². The Hall–Kier alpha value is -0.950. The summed E-state index contributed by atoms with van der Waals surface area (Å²) in [7, 11) is 0. The summed E-state index contributed by atoms with van der Waals surface area (Å²) in [6, 6.07) is -0.982. The second-order valence-electron chi connectivity index (χ2n) is 19.3. The Morgan fingerprint density at radius 2 is 0.656 bits per heavy atom. The van der Waals surface area contributed by atoms with Gasteiger partial charge in [-0.1, -0.05) is 276 Å². The number of carbonyl (C=O) groups excluding carboxylic acids is 1. The number of aliphatic hydroxyl groups excluding tert-OH is 4. The van der Waals surface area contributed by atoms with Crippen molar-refractivity contribution in [1.82, 2.24) is 5.32 Å². The van der Waals surface area contributed by atoms with E-state index in [1.807, 2.05) is 0 Å². The standard InChI is InChI=1S/C55H109NO5/c1-3-5-7-9-11-13-15-17-19-21-22-23-24-25-26-27-28-29-30-31-32-33-35-37-39-41-43-45-47-49-53(59)55(61)56-51(50-57)54(60)52(58)48-46-44-42-40-38-36-34-20-18-16-14-12-10-8-6-4-2/h25-26,51-54,57-60H,3-24,27-50H2,1-2H3,(H,56,61)/b26-25-. The van der Waals surface area contributed by atoms with E-state index in [4.69, 9.17) is 0 Å². The maximum absolute atomic E-state index is 12.6. The average molecular weight is 864 g/mol. The number of rotatable bonds is 51. The molecule has 0 fully saturated rings. The van der Waals surface area contributed by atoms with Gasteiger partial charge in [-0.05, 0) is 38.5 Å². The summed E-state index contributed by atoms with van der Waals surface area (Å²) in [6.45, 7) is 4.08. The molecule has 0 aliphatic carbocycles. The Balaban J connectivity index is 3.58. The zero-order valence-electron chi connectivity index (χ0n) is 41.2. The van der Waals surface area contributed by atoms with Crippen LogP contribution in [0.1, 0.15) is 303 Å². The number of hydrogen-bond acceptors (Lipinski definition) is 5. The highest BCUT2D eigenvalue weighted by atomic mass is 16.3. The van der Waals surface area contributed by atoms with Crippen molar-refractivity contribution in [2.45, 2.75) is 327 Å². The number of amides is 1. The smallest absolute Gasteiger partial charge is 0.249 e. The van der Waals surface area contributed by atoms with E-state index in [9.17, 15) is 25.2 Å². The van der Waals surface area contributed by atoms with Gasteiger partial charge in [0.2, 0.25) is 5.91 Å². The summed E-state index contributed by atoms with van der Waals surface area (Å²) in [5.41, 5.74) is 0. The summed E-state index contributed by atoms with van der Waals surface area (Å²) in [5.74, 6) is -0.579. The van der Waals surface area contributed by atoms with E-state index in [1.165, 1.54) is 238 Å². The van der Waals surface area contributed by atoms with Crippen LogP contribution in [0.3, 0.4) is 0 Å². The van der Waals surface area contributed by atoms with E-state index in [2.05, 4.69) is 31.3 Å². The van der Waals surface area contributed by atoms with Gasteiger partial charge in [-0.25, -0.2) is 0 Å². The molecule has 0 aliphatic rings. The topological polar surface area (TPSA) is 110 Å². The van der Waals surface area contributed by atoms with Crippen LogP contribution in [0.2, 0.25) is 0 Å². The minimum absolute atomic E-state index is 0.373. The molecule has 6 heteroatoms. The second kappa shape index (κ2) is 50.1. The Morgan fingerprint density at radius 3 is 0.951 bits per heavy atom. The van der Waals surface area contributed by atoms with E-state index in [0.717, 1.165) is 38.5 Å². The third-order valence-electron chi connectivity index (χ3n) is 13.2. The molecule has 0 saturated carbocycles. The Bertz CT molecular complexity index is 882. The molecule has 4 unspecified atom stereocenters. The fourth-order valence-corrected chi connectivity index (χ4v) is 8.87. The van der Waals surface area contributed by atoms with Gasteiger partial charge in [-0.3, -0.25) is 4.79 Å². The van der Waals surface area contributed by atoms with Gasteiger partial charge in [-0.15, -0.1) is 0 Å². The predicted molar refractivity (Wildman–Crippen MR) is 265 cm³/mol. The Morgan fingerprint density at radius 1 is 0.393 bits per heavy atom. The van der Waals surface area contributed by atoms with Crippen LogP contribution in [0, 0.1) is 0 Å².